The lowest BCUT2D eigenvalue weighted by atomic mass is 10.3. The molecule has 0 bridgehead atoms. The van der Waals surface area contributed by atoms with Crippen LogP contribution in [0.3, 0.4) is 0 Å². The van der Waals surface area contributed by atoms with Crippen molar-refractivity contribution in [2.75, 3.05) is 0 Å². The molecule has 4 nitrogen and oxygen atoms in total. The molecule has 0 spiro atoms. The van der Waals surface area contributed by atoms with Gasteiger partial charge < -0.3 is 4.42 Å². The Hall–Kier alpha value is -1.96. The van der Waals surface area contributed by atoms with E-state index in [9.17, 15) is 12.8 Å². The van der Waals surface area contributed by atoms with Gasteiger partial charge in [-0.15, -0.1) is 11.3 Å². The molecular weight excluding hydrogens is 337 g/mol. The Kier molecular flexibility index (Phi) is 4.61. The Bertz CT molecular complexity index is 822. The van der Waals surface area contributed by atoms with Crippen LogP contribution in [0.4, 0.5) is 4.39 Å². The van der Waals surface area contributed by atoms with Gasteiger partial charge >= 0.3 is 0 Å². The largest absolute Gasteiger partial charge is 0.472 e. The van der Waals surface area contributed by atoms with Crippen LogP contribution in [0.5, 0.6) is 0 Å². The molecule has 3 rings (SSSR count). The minimum atomic E-state index is -3.96. The predicted octanol–water partition coefficient (Wildman–Crippen LogP) is 3.87. The fourth-order valence-corrected chi connectivity index (χ4v) is 4.45. The molecule has 0 aliphatic rings. The van der Waals surface area contributed by atoms with Crippen LogP contribution >= 0.6 is 11.3 Å². The lowest BCUT2D eigenvalue weighted by Gasteiger charge is -2.21. The van der Waals surface area contributed by atoms with E-state index >= 15 is 0 Å². The van der Waals surface area contributed by atoms with Gasteiger partial charge in [0.05, 0.1) is 12.5 Å². The summed E-state index contributed by atoms with van der Waals surface area (Å²) >= 11 is 1.46. The van der Waals surface area contributed by atoms with Gasteiger partial charge in [-0.2, -0.15) is 4.31 Å². The van der Waals surface area contributed by atoms with E-state index in [0.717, 1.165) is 10.9 Å². The first kappa shape index (κ1) is 15.9. The molecule has 1 aromatic carbocycles. The summed E-state index contributed by atoms with van der Waals surface area (Å²) in [4.78, 5) is 0.563. The average Bonchev–Trinajstić information content (AvgIpc) is 3.20. The summed E-state index contributed by atoms with van der Waals surface area (Å²) in [7, 11) is -3.96. The van der Waals surface area contributed by atoms with E-state index in [1.54, 1.807) is 6.07 Å². The highest BCUT2D eigenvalue weighted by molar-refractivity contribution is 7.89. The number of hydrogen-bond acceptors (Lipinski definition) is 4. The zero-order valence-electron chi connectivity index (χ0n) is 12.1. The average molecular weight is 351 g/mol. The normalized spacial score (nSPS) is 11.9. The van der Waals surface area contributed by atoms with Crippen LogP contribution in [0.2, 0.25) is 0 Å². The van der Waals surface area contributed by atoms with Gasteiger partial charge in [-0.1, -0.05) is 18.2 Å². The molecule has 2 heterocycles. The van der Waals surface area contributed by atoms with E-state index in [1.165, 1.54) is 46.4 Å². The highest BCUT2D eigenvalue weighted by Crippen LogP contribution is 2.24. The second-order valence-corrected chi connectivity index (χ2v) is 7.85. The van der Waals surface area contributed by atoms with Crippen molar-refractivity contribution in [3.05, 3.63) is 76.6 Å². The summed E-state index contributed by atoms with van der Waals surface area (Å²) in [5.74, 6) is -0.754. The van der Waals surface area contributed by atoms with Crippen molar-refractivity contribution < 1.29 is 17.2 Å². The summed E-state index contributed by atoms with van der Waals surface area (Å²) < 4.78 is 46.0. The SMILES string of the molecule is O=S(=O)(c1ccccc1F)N(Cc1ccoc1)Cc1cccs1. The molecule has 23 heavy (non-hydrogen) atoms. The molecule has 0 aliphatic heterocycles. The number of furan rings is 1. The monoisotopic (exact) mass is 351 g/mol. The first-order chi connectivity index (χ1) is 11.1. The lowest BCUT2D eigenvalue weighted by molar-refractivity contribution is 0.398. The molecule has 0 aliphatic carbocycles. The fraction of sp³-hybridized carbons (Fsp3) is 0.125. The number of nitrogens with zero attached hydrogens (tertiary/aromatic N) is 1. The van der Waals surface area contributed by atoms with Crippen molar-refractivity contribution in [2.24, 2.45) is 0 Å². The van der Waals surface area contributed by atoms with Crippen molar-refractivity contribution in [3.8, 4) is 0 Å². The molecule has 0 fully saturated rings. The highest BCUT2D eigenvalue weighted by atomic mass is 32.2. The zero-order valence-corrected chi connectivity index (χ0v) is 13.7. The van der Waals surface area contributed by atoms with Crippen LogP contribution in [-0.2, 0) is 23.1 Å². The van der Waals surface area contributed by atoms with Crippen LogP contribution in [0.25, 0.3) is 0 Å². The molecule has 0 unspecified atom stereocenters. The Morgan fingerprint density at radius 3 is 2.57 bits per heavy atom. The molecule has 120 valence electrons. The maximum absolute atomic E-state index is 14.0. The molecule has 0 saturated heterocycles. The van der Waals surface area contributed by atoms with Crippen molar-refractivity contribution in [2.45, 2.75) is 18.0 Å². The first-order valence-electron chi connectivity index (χ1n) is 6.85. The third kappa shape index (κ3) is 3.52. The third-order valence-electron chi connectivity index (χ3n) is 3.31. The van der Waals surface area contributed by atoms with E-state index in [2.05, 4.69) is 0 Å². The first-order valence-corrected chi connectivity index (χ1v) is 9.17. The molecule has 0 amide bonds. The van der Waals surface area contributed by atoms with Gasteiger partial charge in [0.2, 0.25) is 10.0 Å². The minimum absolute atomic E-state index is 0.116. The van der Waals surface area contributed by atoms with E-state index in [0.29, 0.717) is 5.56 Å². The summed E-state index contributed by atoms with van der Waals surface area (Å²) in [6.07, 6.45) is 2.96. The minimum Gasteiger partial charge on any atom is -0.472 e. The van der Waals surface area contributed by atoms with Gasteiger partial charge in [-0.25, -0.2) is 12.8 Å². The van der Waals surface area contributed by atoms with Gasteiger partial charge in [-0.3, -0.25) is 0 Å². The number of benzene rings is 1. The smallest absolute Gasteiger partial charge is 0.246 e. The van der Waals surface area contributed by atoms with Gasteiger partial charge in [-0.05, 0) is 29.6 Å². The number of rotatable bonds is 6. The Morgan fingerprint density at radius 1 is 1.09 bits per heavy atom. The van der Waals surface area contributed by atoms with Gasteiger partial charge in [0.1, 0.15) is 10.7 Å². The quantitative estimate of drug-likeness (QED) is 0.677. The molecule has 3 aromatic rings. The van der Waals surface area contributed by atoms with Crippen LogP contribution < -0.4 is 0 Å². The molecule has 0 radical (unpaired) electrons. The summed E-state index contributed by atoms with van der Waals surface area (Å²) in [6, 6.07) is 10.8. The Balaban J connectivity index is 1.98. The summed E-state index contributed by atoms with van der Waals surface area (Å²) in [5.41, 5.74) is 0.710. The van der Waals surface area contributed by atoms with E-state index in [1.807, 2.05) is 17.5 Å². The topological polar surface area (TPSA) is 50.5 Å². The number of halogens is 1. The van der Waals surface area contributed by atoms with E-state index in [4.69, 9.17) is 4.42 Å². The van der Waals surface area contributed by atoms with E-state index in [-0.39, 0.29) is 18.0 Å². The fourth-order valence-electron chi connectivity index (χ4n) is 2.18. The van der Waals surface area contributed by atoms with Gasteiger partial charge in [0.25, 0.3) is 0 Å². The highest BCUT2D eigenvalue weighted by Gasteiger charge is 2.28. The molecule has 0 N–H and O–H groups in total. The standard InChI is InChI=1S/C16H14FNO3S2/c17-15-5-1-2-6-16(15)23(19,20)18(10-13-7-8-21-12-13)11-14-4-3-9-22-14/h1-9,12H,10-11H2. The van der Waals surface area contributed by atoms with Crippen LogP contribution in [0, 0.1) is 5.82 Å². The van der Waals surface area contributed by atoms with Crippen LogP contribution in [0.1, 0.15) is 10.4 Å². The molecule has 2 aromatic heterocycles. The van der Waals surface area contributed by atoms with Crippen molar-refractivity contribution in [3.63, 3.8) is 0 Å². The zero-order chi connectivity index (χ0) is 16.3. The molecular formula is C16H14FNO3S2. The molecule has 0 atom stereocenters. The van der Waals surface area contributed by atoms with E-state index < -0.39 is 15.8 Å². The summed E-state index contributed by atoms with van der Waals surface area (Å²) in [6.45, 7) is 0.296. The molecule has 7 heteroatoms. The lowest BCUT2D eigenvalue weighted by Crippen LogP contribution is -2.30. The summed E-state index contributed by atoms with van der Waals surface area (Å²) in [5, 5.41) is 1.88. The number of sulfonamides is 1. The maximum Gasteiger partial charge on any atom is 0.246 e. The van der Waals surface area contributed by atoms with Gasteiger partial charge in [0, 0.05) is 23.5 Å². The maximum atomic E-state index is 14.0. The van der Waals surface area contributed by atoms with Crippen molar-refractivity contribution in [1.82, 2.24) is 4.31 Å². The van der Waals surface area contributed by atoms with Crippen molar-refractivity contribution >= 4 is 21.4 Å². The van der Waals surface area contributed by atoms with Crippen LogP contribution in [0.15, 0.2) is 69.7 Å². The second kappa shape index (κ2) is 6.66. The van der Waals surface area contributed by atoms with Crippen molar-refractivity contribution in [1.29, 1.82) is 0 Å². The Morgan fingerprint density at radius 2 is 1.91 bits per heavy atom. The second-order valence-electron chi connectivity index (χ2n) is 4.91. The Labute approximate surface area is 137 Å². The predicted molar refractivity (Wildman–Crippen MR) is 85.9 cm³/mol. The number of thiophene rings is 1. The number of hydrogen-bond donors (Lipinski definition) is 0. The van der Waals surface area contributed by atoms with Crippen LogP contribution in [-0.4, -0.2) is 12.7 Å². The molecule has 0 saturated carbocycles. The van der Waals surface area contributed by atoms with Gasteiger partial charge in [0.15, 0.2) is 0 Å². The third-order valence-corrected chi connectivity index (χ3v) is 5.99.